The van der Waals surface area contributed by atoms with E-state index in [4.69, 9.17) is 9.47 Å². The summed E-state index contributed by atoms with van der Waals surface area (Å²) in [5.41, 5.74) is 4.03. The van der Waals surface area contributed by atoms with Crippen molar-refractivity contribution >= 4 is 11.8 Å². The Labute approximate surface area is 161 Å². The van der Waals surface area contributed by atoms with E-state index in [0.717, 1.165) is 17.0 Å². The summed E-state index contributed by atoms with van der Waals surface area (Å²) in [5, 5.41) is 0. The molecule has 5 nitrogen and oxygen atoms in total. The molecule has 0 fully saturated rings. The lowest BCUT2D eigenvalue weighted by Crippen LogP contribution is -2.17. The largest absolute Gasteiger partial charge is 0.454 e. The molecule has 0 aliphatic rings. The Hall–Kier alpha value is -2.40. The number of carbonyl (C=O) groups is 2. The first-order valence-electron chi connectivity index (χ1n) is 9.23. The highest BCUT2D eigenvalue weighted by atomic mass is 16.5. The topological polar surface area (TPSA) is 57.5 Å². The zero-order valence-corrected chi connectivity index (χ0v) is 17.0. The molecule has 0 aliphatic heterocycles. The number of aromatic nitrogens is 1. The Morgan fingerprint density at radius 3 is 2.26 bits per heavy atom. The number of aryl methyl sites for hydroxylation is 1. The first-order valence-corrected chi connectivity index (χ1v) is 9.23. The molecule has 2 rings (SSSR count). The van der Waals surface area contributed by atoms with E-state index >= 15 is 0 Å². The van der Waals surface area contributed by atoms with E-state index in [1.807, 2.05) is 39.0 Å². The van der Waals surface area contributed by atoms with Gasteiger partial charge in [-0.25, -0.2) is 4.79 Å². The van der Waals surface area contributed by atoms with Crippen molar-refractivity contribution in [1.29, 1.82) is 0 Å². The molecule has 2 aromatic rings. The lowest BCUT2D eigenvalue weighted by molar-refractivity contribution is 0.0474. The van der Waals surface area contributed by atoms with E-state index in [1.165, 1.54) is 0 Å². The van der Waals surface area contributed by atoms with Gasteiger partial charge in [0.25, 0.3) is 0 Å². The standard InChI is InChI=1S/C22H29NO4/c1-14(2)18-7-9-19(10-8-18)22(25)27-13-21(24)20-11-15(3)23(17(20)5)16(4)12-26-6/h7-11,14,16H,12-13H2,1-6H3. The van der Waals surface area contributed by atoms with Crippen LogP contribution >= 0.6 is 0 Å². The highest BCUT2D eigenvalue weighted by Gasteiger charge is 2.20. The van der Waals surface area contributed by atoms with Crippen LogP contribution < -0.4 is 0 Å². The second-order valence-corrected chi connectivity index (χ2v) is 7.24. The van der Waals surface area contributed by atoms with Crippen LogP contribution in [0, 0.1) is 13.8 Å². The fourth-order valence-electron chi connectivity index (χ4n) is 3.35. The Morgan fingerprint density at radius 1 is 1.07 bits per heavy atom. The first kappa shape index (κ1) is 20.9. The summed E-state index contributed by atoms with van der Waals surface area (Å²) >= 11 is 0. The molecule has 1 unspecified atom stereocenters. The van der Waals surface area contributed by atoms with Gasteiger partial charge in [-0.1, -0.05) is 26.0 Å². The number of rotatable bonds is 8. The molecular formula is C22H29NO4. The Kier molecular flexibility index (Phi) is 6.97. The highest BCUT2D eigenvalue weighted by molar-refractivity contribution is 6.00. The lowest BCUT2D eigenvalue weighted by Gasteiger charge is -2.17. The van der Waals surface area contributed by atoms with Gasteiger partial charge in [-0.2, -0.15) is 0 Å². The molecule has 1 aromatic heterocycles. The fourth-order valence-corrected chi connectivity index (χ4v) is 3.35. The van der Waals surface area contributed by atoms with Crippen molar-refractivity contribution in [3.8, 4) is 0 Å². The summed E-state index contributed by atoms with van der Waals surface area (Å²) in [6.45, 7) is 10.4. The molecule has 0 bridgehead atoms. The first-order chi connectivity index (χ1) is 12.8. The average Bonchev–Trinajstić information content (AvgIpc) is 2.94. The van der Waals surface area contributed by atoms with Crippen LogP contribution in [0.3, 0.4) is 0 Å². The summed E-state index contributed by atoms with van der Waals surface area (Å²) in [6.07, 6.45) is 0. The lowest BCUT2D eigenvalue weighted by atomic mass is 10.0. The number of Topliss-reactive ketones (excluding diaryl/α,β-unsaturated/α-hetero) is 1. The van der Waals surface area contributed by atoms with Gasteiger partial charge in [-0.05, 0) is 50.5 Å². The van der Waals surface area contributed by atoms with Crippen LogP contribution in [-0.4, -0.2) is 36.6 Å². The minimum Gasteiger partial charge on any atom is -0.454 e. The molecule has 0 spiro atoms. The van der Waals surface area contributed by atoms with Gasteiger partial charge in [0.15, 0.2) is 6.61 Å². The Bertz CT molecular complexity index is 802. The zero-order chi connectivity index (χ0) is 20.1. The summed E-state index contributed by atoms with van der Waals surface area (Å²) < 4.78 is 12.5. The monoisotopic (exact) mass is 371 g/mol. The second kappa shape index (κ2) is 9.00. The number of carbonyl (C=O) groups excluding carboxylic acids is 2. The third-order valence-corrected chi connectivity index (χ3v) is 4.78. The van der Waals surface area contributed by atoms with E-state index < -0.39 is 5.97 Å². The van der Waals surface area contributed by atoms with E-state index in [1.54, 1.807) is 19.2 Å². The van der Waals surface area contributed by atoms with Gasteiger partial charge in [-0.3, -0.25) is 4.79 Å². The molecule has 27 heavy (non-hydrogen) atoms. The highest BCUT2D eigenvalue weighted by Crippen LogP contribution is 2.21. The van der Waals surface area contributed by atoms with Crippen LogP contribution in [0.2, 0.25) is 0 Å². The van der Waals surface area contributed by atoms with Crippen molar-refractivity contribution in [3.63, 3.8) is 0 Å². The third-order valence-electron chi connectivity index (χ3n) is 4.78. The molecule has 5 heteroatoms. The SMILES string of the molecule is COCC(C)n1c(C)cc(C(=O)COC(=O)c2ccc(C(C)C)cc2)c1C. The maximum atomic E-state index is 12.6. The van der Waals surface area contributed by atoms with Crippen molar-refractivity contribution in [3.05, 3.63) is 58.4 Å². The minimum absolute atomic E-state index is 0.124. The van der Waals surface area contributed by atoms with Gasteiger partial charge in [0.2, 0.25) is 5.78 Å². The van der Waals surface area contributed by atoms with Crippen molar-refractivity contribution < 1.29 is 19.1 Å². The molecule has 1 heterocycles. The smallest absolute Gasteiger partial charge is 0.338 e. The van der Waals surface area contributed by atoms with Crippen molar-refractivity contribution in [2.75, 3.05) is 20.3 Å². The van der Waals surface area contributed by atoms with Crippen LogP contribution in [0.1, 0.15) is 70.4 Å². The number of methoxy groups -OCH3 is 1. The van der Waals surface area contributed by atoms with Crippen molar-refractivity contribution in [1.82, 2.24) is 4.57 Å². The number of benzene rings is 1. The number of nitrogens with zero attached hydrogens (tertiary/aromatic N) is 1. The van der Waals surface area contributed by atoms with E-state index in [9.17, 15) is 9.59 Å². The summed E-state index contributed by atoms with van der Waals surface area (Å²) in [7, 11) is 1.66. The second-order valence-electron chi connectivity index (χ2n) is 7.24. The van der Waals surface area contributed by atoms with E-state index in [2.05, 4.69) is 18.4 Å². The molecule has 0 N–H and O–H groups in total. The number of hydrogen-bond donors (Lipinski definition) is 0. The van der Waals surface area contributed by atoms with Crippen LogP contribution in [0.5, 0.6) is 0 Å². The number of hydrogen-bond acceptors (Lipinski definition) is 4. The third kappa shape index (κ3) is 4.86. The van der Waals surface area contributed by atoms with Crippen molar-refractivity contribution in [2.45, 2.75) is 46.6 Å². The van der Waals surface area contributed by atoms with Gasteiger partial charge in [0, 0.05) is 24.1 Å². The van der Waals surface area contributed by atoms with Gasteiger partial charge < -0.3 is 14.0 Å². The predicted octanol–water partition coefficient (Wildman–Crippen LogP) is 4.48. The molecule has 0 saturated heterocycles. The number of ketones is 1. The van der Waals surface area contributed by atoms with Crippen LogP contribution in [-0.2, 0) is 9.47 Å². The molecule has 0 saturated carbocycles. The molecule has 1 atom stereocenters. The maximum Gasteiger partial charge on any atom is 0.338 e. The van der Waals surface area contributed by atoms with Gasteiger partial charge in [0.1, 0.15) is 0 Å². The van der Waals surface area contributed by atoms with Gasteiger partial charge in [-0.15, -0.1) is 0 Å². The molecule has 1 aromatic carbocycles. The molecule has 0 radical (unpaired) electrons. The molecule has 146 valence electrons. The fraction of sp³-hybridized carbons (Fsp3) is 0.455. The summed E-state index contributed by atoms with van der Waals surface area (Å²) in [5.74, 6) is -0.293. The van der Waals surface area contributed by atoms with E-state index in [0.29, 0.717) is 23.7 Å². The maximum absolute atomic E-state index is 12.6. The average molecular weight is 371 g/mol. The minimum atomic E-state index is -0.486. The van der Waals surface area contributed by atoms with Crippen LogP contribution in [0.15, 0.2) is 30.3 Å². The molecule has 0 amide bonds. The molecular weight excluding hydrogens is 342 g/mol. The number of esters is 1. The van der Waals surface area contributed by atoms with Gasteiger partial charge in [0.05, 0.1) is 18.2 Å². The summed E-state index contributed by atoms with van der Waals surface area (Å²) in [6, 6.07) is 9.26. The van der Waals surface area contributed by atoms with Crippen molar-refractivity contribution in [2.24, 2.45) is 0 Å². The van der Waals surface area contributed by atoms with Gasteiger partial charge >= 0.3 is 5.97 Å². The van der Waals surface area contributed by atoms with E-state index in [-0.39, 0.29) is 18.4 Å². The zero-order valence-electron chi connectivity index (χ0n) is 17.0. The quantitative estimate of drug-likeness (QED) is 0.507. The Morgan fingerprint density at radius 2 is 1.70 bits per heavy atom. The molecule has 0 aliphatic carbocycles. The predicted molar refractivity (Wildman–Crippen MR) is 106 cm³/mol. The van der Waals surface area contributed by atoms with Crippen LogP contribution in [0.4, 0.5) is 0 Å². The summed E-state index contributed by atoms with van der Waals surface area (Å²) in [4.78, 5) is 24.8. The number of ether oxygens (including phenoxy) is 2. The van der Waals surface area contributed by atoms with Crippen LogP contribution in [0.25, 0.3) is 0 Å². The normalized spacial score (nSPS) is 12.3. The Balaban J connectivity index is 2.05.